The summed E-state index contributed by atoms with van der Waals surface area (Å²) in [6.07, 6.45) is 2.53. The van der Waals surface area contributed by atoms with Crippen LogP contribution in [-0.4, -0.2) is 47.9 Å². The molecule has 0 N–H and O–H groups in total. The SMILES string of the molecule is CC(C)N1CCN(C(=O)C2(C#N)CCC2)CC1. The van der Waals surface area contributed by atoms with E-state index in [1.165, 1.54) is 0 Å². The van der Waals surface area contributed by atoms with Crippen molar-refractivity contribution in [1.82, 2.24) is 9.80 Å². The standard InChI is InChI=1S/C13H21N3O/c1-11(2)15-6-8-16(9-7-15)12(17)13(10-14)4-3-5-13/h11H,3-9H2,1-2H3. The number of amides is 1. The summed E-state index contributed by atoms with van der Waals surface area (Å²) in [6, 6.07) is 2.78. The number of rotatable bonds is 2. The first-order valence-corrected chi connectivity index (χ1v) is 6.54. The first-order valence-electron chi connectivity index (χ1n) is 6.54. The predicted molar refractivity (Wildman–Crippen MR) is 65.2 cm³/mol. The van der Waals surface area contributed by atoms with E-state index in [1.54, 1.807) is 0 Å². The monoisotopic (exact) mass is 235 g/mol. The van der Waals surface area contributed by atoms with Crippen molar-refractivity contribution in [3.8, 4) is 6.07 Å². The van der Waals surface area contributed by atoms with Gasteiger partial charge in [0.25, 0.3) is 0 Å². The highest BCUT2D eigenvalue weighted by molar-refractivity contribution is 5.86. The van der Waals surface area contributed by atoms with Gasteiger partial charge in [-0.15, -0.1) is 0 Å². The fourth-order valence-electron chi connectivity index (χ4n) is 2.65. The molecule has 0 radical (unpaired) electrons. The minimum atomic E-state index is -0.667. The summed E-state index contributed by atoms with van der Waals surface area (Å²) in [5.74, 6) is 0.0784. The average molecular weight is 235 g/mol. The molecule has 0 unspecified atom stereocenters. The lowest BCUT2D eigenvalue weighted by Crippen LogP contribution is -2.55. The van der Waals surface area contributed by atoms with Crippen molar-refractivity contribution in [2.45, 2.75) is 39.2 Å². The van der Waals surface area contributed by atoms with E-state index < -0.39 is 5.41 Å². The van der Waals surface area contributed by atoms with Crippen molar-refractivity contribution in [1.29, 1.82) is 5.26 Å². The van der Waals surface area contributed by atoms with Crippen LogP contribution in [0.1, 0.15) is 33.1 Å². The highest BCUT2D eigenvalue weighted by Gasteiger charge is 2.47. The third-order valence-corrected chi connectivity index (χ3v) is 4.16. The molecule has 2 fully saturated rings. The minimum Gasteiger partial charge on any atom is -0.339 e. The van der Waals surface area contributed by atoms with Crippen molar-refractivity contribution in [2.24, 2.45) is 5.41 Å². The molecule has 17 heavy (non-hydrogen) atoms. The summed E-state index contributed by atoms with van der Waals surface area (Å²) in [5.41, 5.74) is -0.667. The molecule has 94 valence electrons. The van der Waals surface area contributed by atoms with E-state index in [9.17, 15) is 4.79 Å². The molecule has 0 atom stereocenters. The molecule has 1 aliphatic carbocycles. The van der Waals surface area contributed by atoms with Gasteiger partial charge >= 0.3 is 0 Å². The Balaban J connectivity index is 1.93. The Morgan fingerprint density at radius 3 is 2.18 bits per heavy atom. The Hall–Kier alpha value is -1.08. The summed E-state index contributed by atoms with van der Waals surface area (Å²) in [7, 11) is 0. The molecule has 0 bridgehead atoms. The van der Waals surface area contributed by atoms with Gasteiger partial charge in [0.05, 0.1) is 6.07 Å². The van der Waals surface area contributed by atoms with Gasteiger partial charge in [-0.2, -0.15) is 5.26 Å². The Kier molecular flexibility index (Phi) is 3.39. The van der Waals surface area contributed by atoms with Crippen LogP contribution in [0.4, 0.5) is 0 Å². The highest BCUT2D eigenvalue weighted by atomic mass is 16.2. The fourth-order valence-corrected chi connectivity index (χ4v) is 2.65. The van der Waals surface area contributed by atoms with Crippen molar-refractivity contribution in [3.63, 3.8) is 0 Å². The second-order valence-corrected chi connectivity index (χ2v) is 5.47. The number of hydrogen-bond donors (Lipinski definition) is 0. The maximum atomic E-state index is 12.3. The van der Waals surface area contributed by atoms with Gasteiger partial charge in [-0.1, -0.05) is 0 Å². The molecule has 1 saturated carbocycles. The van der Waals surface area contributed by atoms with E-state index in [-0.39, 0.29) is 5.91 Å². The Bertz CT molecular complexity index is 333. The van der Waals surface area contributed by atoms with Gasteiger partial charge in [-0.25, -0.2) is 0 Å². The number of nitriles is 1. The zero-order valence-electron chi connectivity index (χ0n) is 10.8. The van der Waals surface area contributed by atoms with E-state index in [1.807, 2.05) is 4.90 Å². The third-order valence-electron chi connectivity index (χ3n) is 4.16. The number of hydrogen-bond acceptors (Lipinski definition) is 3. The number of carbonyl (C=O) groups excluding carboxylic acids is 1. The molecule has 4 heteroatoms. The van der Waals surface area contributed by atoms with E-state index in [4.69, 9.17) is 5.26 Å². The molecule has 1 heterocycles. The smallest absolute Gasteiger partial charge is 0.243 e. The van der Waals surface area contributed by atoms with Gasteiger partial charge in [0.15, 0.2) is 0 Å². The second kappa shape index (κ2) is 4.66. The van der Waals surface area contributed by atoms with Gasteiger partial charge in [0, 0.05) is 32.2 Å². The quantitative estimate of drug-likeness (QED) is 0.723. The molecule has 4 nitrogen and oxygen atoms in total. The number of nitrogens with zero attached hydrogens (tertiary/aromatic N) is 3. The Morgan fingerprint density at radius 2 is 1.82 bits per heavy atom. The van der Waals surface area contributed by atoms with Crippen LogP contribution >= 0.6 is 0 Å². The minimum absolute atomic E-state index is 0.0784. The zero-order valence-corrected chi connectivity index (χ0v) is 10.8. The van der Waals surface area contributed by atoms with Crippen LogP contribution < -0.4 is 0 Å². The van der Waals surface area contributed by atoms with Crippen molar-refractivity contribution in [2.75, 3.05) is 26.2 Å². The summed E-state index contributed by atoms with van der Waals surface area (Å²) < 4.78 is 0. The summed E-state index contributed by atoms with van der Waals surface area (Å²) in [5, 5.41) is 9.17. The average Bonchev–Trinajstić information content (AvgIpc) is 2.28. The molecular formula is C13H21N3O. The van der Waals surface area contributed by atoms with Gasteiger partial charge < -0.3 is 4.90 Å². The van der Waals surface area contributed by atoms with E-state index in [2.05, 4.69) is 24.8 Å². The third kappa shape index (κ3) is 2.16. The van der Waals surface area contributed by atoms with E-state index >= 15 is 0 Å². The Morgan fingerprint density at radius 1 is 1.24 bits per heavy atom. The molecule has 1 saturated heterocycles. The normalized spacial score (nSPS) is 24.2. The van der Waals surface area contributed by atoms with Gasteiger partial charge in [-0.3, -0.25) is 9.69 Å². The molecule has 0 aromatic carbocycles. The molecule has 0 aromatic heterocycles. The first-order chi connectivity index (χ1) is 8.09. The van der Waals surface area contributed by atoms with Crippen LogP contribution in [0.15, 0.2) is 0 Å². The molecule has 1 amide bonds. The molecule has 0 aromatic rings. The van der Waals surface area contributed by atoms with Crippen LogP contribution in [0.2, 0.25) is 0 Å². The first kappa shape index (κ1) is 12.4. The molecule has 0 spiro atoms. The summed E-state index contributed by atoms with van der Waals surface area (Å²) in [4.78, 5) is 16.6. The van der Waals surface area contributed by atoms with Crippen LogP contribution in [0.5, 0.6) is 0 Å². The van der Waals surface area contributed by atoms with Gasteiger partial charge in [0.1, 0.15) is 5.41 Å². The lowest BCUT2D eigenvalue weighted by molar-refractivity contribution is -0.145. The fraction of sp³-hybridized carbons (Fsp3) is 0.846. The second-order valence-electron chi connectivity index (χ2n) is 5.47. The lowest BCUT2D eigenvalue weighted by Gasteiger charge is -2.42. The molecule has 2 aliphatic rings. The molecular weight excluding hydrogens is 214 g/mol. The van der Waals surface area contributed by atoms with Crippen LogP contribution in [0, 0.1) is 16.7 Å². The van der Waals surface area contributed by atoms with E-state index in [0.717, 1.165) is 45.4 Å². The van der Waals surface area contributed by atoms with Crippen LogP contribution in [0.3, 0.4) is 0 Å². The number of carbonyl (C=O) groups is 1. The van der Waals surface area contributed by atoms with Crippen molar-refractivity contribution < 1.29 is 4.79 Å². The summed E-state index contributed by atoms with van der Waals surface area (Å²) in [6.45, 7) is 7.79. The van der Waals surface area contributed by atoms with Crippen molar-refractivity contribution in [3.05, 3.63) is 0 Å². The summed E-state index contributed by atoms with van der Waals surface area (Å²) >= 11 is 0. The largest absolute Gasteiger partial charge is 0.339 e. The lowest BCUT2D eigenvalue weighted by atomic mass is 9.69. The van der Waals surface area contributed by atoms with Crippen LogP contribution in [0.25, 0.3) is 0 Å². The van der Waals surface area contributed by atoms with Gasteiger partial charge in [-0.05, 0) is 33.1 Å². The maximum absolute atomic E-state index is 12.3. The number of piperazine rings is 1. The van der Waals surface area contributed by atoms with Crippen LogP contribution in [-0.2, 0) is 4.79 Å². The topological polar surface area (TPSA) is 47.3 Å². The van der Waals surface area contributed by atoms with Crippen molar-refractivity contribution >= 4 is 5.91 Å². The molecule has 2 rings (SSSR count). The maximum Gasteiger partial charge on any atom is 0.243 e. The zero-order chi connectivity index (χ0) is 12.5. The highest BCUT2D eigenvalue weighted by Crippen LogP contribution is 2.41. The van der Waals surface area contributed by atoms with E-state index in [0.29, 0.717) is 6.04 Å². The van der Waals surface area contributed by atoms with Gasteiger partial charge in [0.2, 0.25) is 5.91 Å². The Labute approximate surface area is 103 Å². The molecule has 1 aliphatic heterocycles. The predicted octanol–water partition coefficient (Wildman–Crippen LogP) is 1.23.